The van der Waals surface area contributed by atoms with E-state index in [0.717, 1.165) is 25.0 Å². The zero-order valence-electron chi connectivity index (χ0n) is 9.61. The molecule has 0 saturated heterocycles. The zero-order valence-corrected chi connectivity index (χ0v) is 10.4. The van der Waals surface area contributed by atoms with Crippen LogP contribution < -0.4 is 0 Å². The van der Waals surface area contributed by atoms with Crippen molar-refractivity contribution in [2.24, 2.45) is 0 Å². The largest absolute Gasteiger partial charge is 0.481 e. The summed E-state index contributed by atoms with van der Waals surface area (Å²) in [4.78, 5) is 11.6. The van der Waals surface area contributed by atoms with Crippen LogP contribution >= 0.6 is 11.8 Å². The third-order valence-corrected chi connectivity index (χ3v) is 3.42. The van der Waals surface area contributed by atoms with Gasteiger partial charge in [-0.3, -0.25) is 4.79 Å². The molecule has 1 N–H and O–H groups in total. The number of aliphatic carboxylic acids is 1. The maximum Gasteiger partial charge on any atom is 0.303 e. The van der Waals surface area contributed by atoms with Crippen molar-refractivity contribution in [1.29, 1.82) is 0 Å². The number of carbonyl (C=O) groups is 1. The van der Waals surface area contributed by atoms with Crippen LogP contribution in [-0.2, 0) is 4.79 Å². The number of unbranched alkanes of at least 4 members (excludes halogenated alkanes) is 2. The predicted molar refractivity (Wildman–Crippen MR) is 68.0 cm³/mol. The van der Waals surface area contributed by atoms with Crippen molar-refractivity contribution in [2.75, 3.05) is 5.75 Å². The van der Waals surface area contributed by atoms with Crippen LogP contribution in [0.15, 0.2) is 29.2 Å². The second kappa shape index (κ2) is 7.34. The van der Waals surface area contributed by atoms with Crippen LogP contribution in [0.2, 0.25) is 0 Å². The lowest BCUT2D eigenvalue weighted by atomic mass is 10.2. The molecule has 0 spiro atoms. The molecule has 0 radical (unpaired) electrons. The molecule has 0 unspecified atom stereocenters. The van der Waals surface area contributed by atoms with Crippen molar-refractivity contribution in [3.8, 4) is 0 Å². The highest BCUT2D eigenvalue weighted by atomic mass is 32.2. The number of carboxylic acids is 1. The predicted octanol–water partition coefficient (Wildman–Crippen LogP) is 3.73. The molecule has 0 fully saturated rings. The summed E-state index contributed by atoms with van der Waals surface area (Å²) < 4.78 is 0. The number of carboxylic acid groups (broad SMARTS) is 1. The van der Waals surface area contributed by atoms with Gasteiger partial charge in [-0.1, -0.05) is 24.1 Å². The Hall–Kier alpha value is -0.960. The molecule has 0 atom stereocenters. The first kappa shape index (κ1) is 13.1. The van der Waals surface area contributed by atoms with Crippen molar-refractivity contribution in [1.82, 2.24) is 0 Å². The Bertz CT molecular complexity index is 319. The Balaban J connectivity index is 2.07. The molecule has 0 heterocycles. The van der Waals surface area contributed by atoms with E-state index in [-0.39, 0.29) is 0 Å². The number of hydrogen-bond donors (Lipinski definition) is 1. The highest BCUT2D eigenvalue weighted by Gasteiger charge is 1.97. The third-order valence-electron chi connectivity index (χ3n) is 2.32. The fourth-order valence-electron chi connectivity index (χ4n) is 1.38. The summed E-state index contributed by atoms with van der Waals surface area (Å²) in [6.07, 6.45) is 3.19. The van der Waals surface area contributed by atoms with E-state index >= 15 is 0 Å². The topological polar surface area (TPSA) is 37.3 Å². The molecule has 0 aliphatic rings. The molecule has 0 aromatic heterocycles. The van der Waals surface area contributed by atoms with Gasteiger partial charge in [-0.25, -0.2) is 0 Å². The molecule has 0 saturated carbocycles. The van der Waals surface area contributed by atoms with Gasteiger partial charge in [-0.15, -0.1) is 11.8 Å². The van der Waals surface area contributed by atoms with Gasteiger partial charge < -0.3 is 5.11 Å². The van der Waals surface area contributed by atoms with Crippen molar-refractivity contribution in [2.45, 2.75) is 37.5 Å². The van der Waals surface area contributed by atoms with Gasteiger partial charge in [0.25, 0.3) is 0 Å². The van der Waals surface area contributed by atoms with Crippen molar-refractivity contribution < 1.29 is 9.90 Å². The van der Waals surface area contributed by atoms with Gasteiger partial charge in [0.05, 0.1) is 0 Å². The minimum atomic E-state index is -0.689. The molecule has 88 valence electrons. The van der Waals surface area contributed by atoms with Crippen molar-refractivity contribution >= 4 is 17.7 Å². The number of hydrogen-bond acceptors (Lipinski definition) is 2. The summed E-state index contributed by atoms with van der Waals surface area (Å²) in [5.41, 5.74) is 1.28. The minimum Gasteiger partial charge on any atom is -0.481 e. The highest BCUT2D eigenvalue weighted by Crippen LogP contribution is 2.20. The second-order valence-corrected chi connectivity index (χ2v) is 5.03. The molecule has 1 rings (SSSR count). The normalized spacial score (nSPS) is 10.3. The first-order chi connectivity index (χ1) is 7.68. The molecule has 16 heavy (non-hydrogen) atoms. The fraction of sp³-hybridized carbons (Fsp3) is 0.462. The van der Waals surface area contributed by atoms with Crippen molar-refractivity contribution in [3.05, 3.63) is 29.8 Å². The summed E-state index contributed by atoms with van der Waals surface area (Å²) >= 11 is 1.84. The molecule has 3 heteroatoms. The Kier molecular flexibility index (Phi) is 6.01. The van der Waals surface area contributed by atoms with Gasteiger partial charge in [0.2, 0.25) is 0 Å². The van der Waals surface area contributed by atoms with Crippen LogP contribution in [0, 0.1) is 6.92 Å². The SMILES string of the molecule is Cc1ccc(SCCCCCC(=O)O)cc1. The van der Waals surface area contributed by atoms with Gasteiger partial charge in [-0.2, -0.15) is 0 Å². The van der Waals surface area contributed by atoms with Crippen LogP contribution in [-0.4, -0.2) is 16.8 Å². The monoisotopic (exact) mass is 238 g/mol. The standard InChI is InChI=1S/C13H18O2S/c1-11-6-8-12(9-7-11)16-10-4-2-3-5-13(14)15/h6-9H,2-5,10H2,1H3,(H,14,15). The van der Waals surface area contributed by atoms with E-state index in [1.165, 1.54) is 10.5 Å². The maximum atomic E-state index is 10.3. The molecule has 0 aliphatic carbocycles. The molecule has 2 nitrogen and oxygen atoms in total. The van der Waals surface area contributed by atoms with E-state index in [4.69, 9.17) is 5.11 Å². The Morgan fingerprint density at radius 3 is 2.50 bits per heavy atom. The average molecular weight is 238 g/mol. The van der Waals surface area contributed by atoms with Crippen LogP contribution in [0.4, 0.5) is 0 Å². The van der Waals surface area contributed by atoms with Crippen LogP contribution in [0.5, 0.6) is 0 Å². The lowest BCUT2D eigenvalue weighted by Gasteiger charge is -2.01. The Labute approximate surface area is 101 Å². The Morgan fingerprint density at radius 1 is 1.19 bits per heavy atom. The van der Waals surface area contributed by atoms with Crippen LogP contribution in [0.25, 0.3) is 0 Å². The summed E-state index contributed by atoms with van der Waals surface area (Å²) in [5.74, 6) is 0.383. The van der Waals surface area contributed by atoms with Crippen molar-refractivity contribution in [3.63, 3.8) is 0 Å². The van der Waals surface area contributed by atoms with Crippen LogP contribution in [0.3, 0.4) is 0 Å². The minimum absolute atomic E-state index is 0.301. The van der Waals surface area contributed by atoms with E-state index in [2.05, 4.69) is 31.2 Å². The average Bonchev–Trinajstić information content (AvgIpc) is 2.25. The van der Waals surface area contributed by atoms with Gasteiger partial charge in [0, 0.05) is 11.3 Å². The van der Waals surface area contributed by atoms with Gasteiger partial charge in [0.1, 0.15) is 0 Å². The summed E-state index contributed by atoms with van der Waals surface area (Å²) in [5, 5.41) is 8.47. The third kappa shape index (κ3) is 5.81. The zero-order chi connectivity index (χ0) is 11.8. The van der Waals surface area contributed by atoms with E-state index in [0.29, 0.717) is 6.42 Å². The molecule has 1 aromatic carbocycles. The molecular weight excluding hydrogens is 220 g/mol. The first-order valence-corrected chi connectivity index (χ1v) is 6.58. The van der Waals surface area contributed by atoms with Gasteiger partial charge >= 0.3 is 5.97 Å². The molecule has 0 aliphatic heterocycles. The molecule has 1 aromatic rings. The molecule has 0 amide bonds. The quantitative estimate of drug-likeness (QED) is 0.581. The van der Waals surface area contributed by atoms with Gasteiger partial charge in [-0.05, 0) is 37.7 Å². The lowest BCUT2D eigenvalue weighted by Crippen LogP contribution is -1.93. The van der Waals surface area contributed by atoms with Crippen LogP contribution in [0.1, 0.15) is 31.2 Å². The summed E-state index contributed by atoms with van der Waals surface area (Å²) in [6.45, 7) is 2.08. The summed E-state index contributed by atoms with van der Waals surface area (Å²) in [7, 11) is 0. The van der Waals surface area contributed by atoms with Gasteiger partial charge in [0.15, 0.2) is 0 Å². The number of aryl methyl sites for hydroxylation is 1. The van der Waals surface area contributed by atoms with E-state index < -0.39 is 5.97 Å². The first-order valence-electron chi connectivity index (χ1n) is 5.60. The smallest absolute Gasteiger partial charge is 0.303 e. The molecular formula is C13H18O2S. The van der Waals surface area contributed by atoms with E-state index in [1.54, 1.807) is 0 Å². The summed E-state index contributed by atoms with van der Waals surface area (Å²) in [6, 6.07) is 8.51. The van der Waals surface area contributed by atoms with E-state index in [1.807, 2.05) is 11.8 Å². The highest BCUT2D eigenvalue weighted by molar-refractivity contribution is 7.99. The maximum absolute atomic E-state index is 10.3. The Morgan fingerprint density at radius 2 is 1.88 bits per heavy atom. The van der Waals surface area contributed by atoms with E-state index in [9.17, 15) is 4.79 Å². The number of benzene rings is 1. The second-order valence-electron chi connectivity index (χ2n) is 3.87. The number of thioether (sulfide) groups is 1. The fourth-order valence-corrected chi connectivity index (χ4v) is 2.29. The number of rotatable bonds is 7. The lowest BCUT2D eigenvalue weighted by molar-refractivity contribution is -0.137. The molecule has 0 bridgehead atoms.